The van der Waals surface area contributed by atoms with Crippen molar-refractivity contribution in [1.82, 2.24) is 0 Å². The van der Waals surface area contributed by atoms with Gasteiger partial charge in [0.2, 0.25) is 5.69 Å². The lowest BCUT2D eigenvalue weighted by Gasteiger charge is -2.08. The average Bonchev–Trinajstić information content (AvgIpc) is 2.12. The quantitative estimate of drug-likeness (QED) is 0.623. The molecule has 84 valence electrons. The van der Waals surface area contributed by atoms with Crippen LogP contribution in [0.25, 0.3) is 0 Å². The molecule has 1 aromatic heterocycles. The maximum absolute atomic E-state index is 12.1. The number of pyridine rings is 1. The zero-order valence-electron chi connectivity index (χ0n) is 8.87. The largest absolute Gasteiger partial charge is 0.424 e. The van der Waals surface area contributed by atoms with Crippen LogP contribution in [0.2, 0.25) is 0 Å². The maximum atomic E-state index is 12.1. The molecular weight excluding hydrogens is 204 g/mol. The number of hydrogen-bond donors (Lipinski definition) is 1. The van der Waals surface area contributed by atoms with Crippen LogP contribution in [-0.2, 0) is 0 Å². The number of aromatic nitrogens is 1. The molecule has 0 aliphatic heterocycles. The molecule has 3 nitrogen and oxygen atoms in total. The predicted molar refractivity (Wildman–Crippen MR) is 49.3 cm³/mol. The zero-order valence-corrected chi connectivity index (χ0v) is 8.87. The van der Waals surface area contributed by atoms with Gasteiger partial charge in [0.1, 0.15) is 0 Å². The first-order valence-electron chi connectivity index (χ1n) is 4.63. The van der Waals surface area contributed by atoms with Crippen molar-refractivity contribution in [1.29, 1.82) is 0 Å². The van der Waals surface area contributed by atoms with Crippen LogP contribution in [0.5, 0.6) is 5.88 Å². The van der Waals surface area contributed by atoms with Crippen LogP contribution in [0.4, 0.5) is 8.78 Å². The Labute approximate surface area is 86.9 Å². The number of nitrogens with zero attached hydrogens (tertiary/aromatic N) is 1. The highest BCUT2D eigenvalue weighted by atomic mass is 19.3. The Balaban J connectivity index is 3.22. The average molecular weight is 218 g/mol. The first kappa shape index (κ1) is 11.7. The van der Waals surface area contributed by atoms with E-state index in [0.29, 0.717) is 16.0 Å². The van der Waals surface area contributed by atoms with Crippen molar-refractivity contribution in [2.75, 3.05) is 0 Å². The zero-order chi connectivity index (χ0) is 11.6. The molecule has 0 atom stereocenters. The van der Waals surface area contributed by atoms with E-state index in [1.165, 1.54) is 0 Å². The molecule has 1 aromatic rings. The Hall–Kier alpha value is -1.39. The van der Waals surface area contributed by atoms with Crippen molar-refractivity contribution in [3.8, 4) is 5.88 Å². The monoisotopic (exact) mass is 218 g/mol. The Kier molecular flexibility index (Phi) is 3.44. The SMILES string of the molecule is Cc1ccc(C(C)C)c(OC(F)F)[n+]1O. The molecule has 0 unspecified atom stereocenters. The minimum absolute atomic E-state index is 0.00208. The van der Waals surface area contributed by atoms with Gasteiger partial charge in [0.25, 0.3) is 0 Å². The van der Waals surface area contributed by atoms with Gasteiger partial charge in [0.15, 0.2) is 0 Å². The molecule has 1 rings (SSSR count). The third-order valence-electron chi connectivity index (χ3n) is 2.10. The lowest BCUT2D eigenvalue weighted by molar-refractivity contribution is -0.911. The molecule has 0 aromatic carbocycles. The summed E-state index contributed by atoms with van der Waals surface area (Å²) in [6, 6.07) is 3.32. The van der Waals surface area contributed by atoms with Crippen LogP contribution >= 0.6 is 0 Å². The van der Waals surface area contributed by atoms with E-state index in [0.717, 1.165) is 0 Å². The smallest absolute Gasteiger partial charge is 0.377 e. The number of alkyl halides is 2. The second kappa shape index (κ2) is 4.42. The summed E-state index contributed by atoms with van der Waals surface area (Å²) in [6.45, 7) is 2.33. The summed E-state index contributed by atoms with van der Waals surface area (Å²) >= 11 is 0. The standard InChI is InChI=1S/C10H14F2NO2/c1-6(2)8-5-4-7(3)13(14)9(8)15-10(11)12/h4-6,10,14H,1-3H3/q+1. The van der Waals surface area contributed by atoms with Crippen LogP contribution in [0.15, 0.2) is 12.1 Å². The van der Waals surface area contributed by atoms with E-state index in [2.05, 4.69) is 4.74 Å². The highest BCUT2D eigenvalue weighted by Crippen LogP contribution is 2.24. The Morgan fingerprint density at radius 2 is 1.93 bits per heavy atom. The van der Waals surface area contributed by atoms with Gasteiger partial charge in [-0.25, -0.2) is 0 Å². The molecule has 0 radical (unpaired) electrons. The number of rotatable bonds is 3. The van der Waals surface area contributed by atoms with E-state index in [4.69, 9.17) is 0 Å². The van der Waals surface area contributed by atoms with E-state index in [1.807, 2.05) is 13.8 Å². The van der Waals surface area contributed by atoms with Crippen LogP contribution in [0, 0.1) is 6.92 Å². The minimum atomic E-state index is -2.94. The van der Waals surface area contributed by atoms with Gasteiger partial charge in [0.05, 0.1) is 5.56 Å². The van der Waals surface area contributed by atoms with Gasteiger partial charge in [0, 0.05) is 17.7 Å². The van der Waals surface area contributed by atoms with Crippen molar-refractivity contribution in [2.45, 2.75) is 33.3 Å². The van der Waals surface area contributed by atoms with Gasteiger partial charge in [-0.1, -0.05) is 13.8 Å². The van der Waals surface area contributed by atoms with Crippen molar-refractivity contribution < 1.29 is 23.5 Å². The van der Waals surface area contributed by atoms with Gasteiger partial charge in [-0.2, -0.15) is 8.78 Å². The lowest BCUT2D eigenvalue weighted by atomic mass is 10.0. The highest BCUT2D eigenvalue weighted by Gasteiger charge is 2.26. The molecule has 0 saturated heterocycles. The Bertz CT molecular complexity index is 354. The normalized spacial score (nSPS) is 11.1. The molecule has 0 aliphatic carbocycles. The molecule has 0 bridgehead atoms. The van der Waals surface area contributed by atoms with Crippen molar-refractivity contribution in [3.63, 3.8) is 0 Å². The number of aryl methyl sites for hydroxylation is 1. The summed E-state index contributed by atoms with van der Waals surface area (Å²) in [5.41, 5.74) is 0.985. The van der Waals surface area contributed by atoms with E-state index < -0.39 is 6.61 Å². The molecule has 15 heavy (non-hydrogen) atoms. The van der Waals surface area contributed by atoms with Crippen molar-refractivity contribution in [3.05, 3.63) is 23.4 Å². The molecule has 0 spiro atoms. The first-order valence-corrected chi connectivity index (χ1v) is 4.63. The summed E-state index contributed by atoms with van der Waals surface area (Å²) < 4.78 is 29.2. The summed E-state index contributed by atoms with van der Waals surface area (Å²) in [5, 5.41) is 9.53. The van der Waals surface area contributed by atoms with Gasteiger partial charge in [-0.05, 0) is 12.0 Å². The van der Waals surface area contributed by atoms with Gasteiger partial charge in [-0.15, -0.1) is 0 Å². The lowest BCUT2D eigenvalue weighted by Crippen LogP contribution is -2.37. The topological polar surface area (TPSA) is 33.3 Å². The molecule has 0 aliphatic rings. The number of ether oxygens (including phenoxy) is 1. The van der Waals surface area contributed by atoms with Crippen molar-refractivity contribution in [2.24, 2.45) is 0 Å². The number of hydrogen-bond acceptors (Lipinski definition) is 2. The predicted octanol–water partition coefficient (Wildman–Crippen LogP) is 2.24. The molecule has 1 heterocycles. The maximum Gasteiger partial charge on any atom is 0.424 e. The van der Waals surface area contributed by atoms with Gasteiger partial charge in [-0.3, -0.25) is 5.21 Å². The fourth-order valence-electron chi connectivity index (χ4n) is 1.28. The van der Waals surface area contributed by atoms with Crippen LogP contribution in [0.1, 0.15) is 31.0 Å². The fourth-order valence-corrected chi connectivity index (χ4v) is 1.28. The van der Waals surface area contributed by atoms with Gasteiger partial charge < -0.3 is 4.74 Å². The molecule has 0 saturated carbocycles. The summed E-state index contributed by atoms with van der Waals surface area (Å²) in [6.07, 6.45) is 0. The third kappa shape index (κ3) is 2.55. The summed E-state index contributed by atoms with van der Waals surface area (Å²) in [4.78, 5) is 0. The van der Waals surface area contributed by atoms with Crippen LogP contribution in [0.3, 0.4) is 0 Å². The molecule has 1 N–H and O–H groups in total. The van der Waals surface area contributed by atoms with Crippen LogP contribution < -0.4 is 9.47 Å². The molecule has 5 heteroatoms. The molecule has 0 fully saturated rings. The molecule has 0 amide bonds. The van der Waals surface area contributed by atoms with E-state index in [-0.39, 0.29) is 11.8 Å². The Morgan fingerprint density at radius 3 is 2.40 bits per heavy atom. The molecular formula is C10H14F2NO2+. The second-order valence-electron chi connectivity index (χ2n) is 3.58. The van der Waals surface area contributed by atoms with Gasteiger partial charge >= 0.3 is 12.5 Å². The second-order valence-corrected chi connectivity index (χ2v) is 3.58. The van der Waals surface area contributed by atoms with E-state index >= 15 is 0 Å². The van der Waals surface area contributed by atoms with E-state index in [9.17, 15) is 14.0 Å². The number of halogens is 2. The van der Waals surface area contributed by atoms with Crippen LogP contribution in [-0.4, -0.2) is 11.8 Å². The summed E-state index contributed by atoms with van der Waals surface area (Å²) in [7, 11) is 0. The fraction of sp³-hybridized carbons (Fsp3) is 0.500. The third-order valence-corrected chi connectivity index (χ3v) is 2.10. The minimum Gasteiger partial charge on any atom is -0.377 e. The Morgan fingerprint density at radius 1 is 1.33 bits per heavy atom. The van der Waals surface area contributed by atoms with E-state index in [1.54, 1.807) is 19.1 Å². The first-order chi connectivity index (χ1) is 6.93. The highest BCUT2D eigenvalue weighted by molar-refractivity contribution is 5.25. The summed E-state index contributed by atoms with van der Waals surface area (Å²) in [5.74, 6) is -0.197. The van der Waals surface area contributed by atoms with Crippen molar-refractivity contribution >= 4 is 0 Å².